The van der Waals surface area contributed by atoms with Gasteiger partial charge < -0.3 is 30.2 Å². The Bertz CT molecular complexity index is 2120. The molecule has 0 saturated heterocycles. The normalized spacial score (nSPS) is 22.2. The van der Waals surface area contributed by atoms with Crippen LogP contribution in [0.4, 0.5) is 11.4 Å². The van der Waals surface area contributed by atoms with Crippen LogP contribution in [0.15, 0.2) is 36.4 Å². The van der Waals surface area contributed by atoms with Crippen molar-refractivity contribution in [3.05, 3.63) is 80.9 Å². The maximum Gasteiger partial charge on any atom is 0.309 e. The summed E-state index contributed by atoms with van der Waals surface area (Å²) in [6, 6.07) is 10.7. The number of aliphatic carboxylic acids is 1. The minimum absolute atomic E-state index is 0.137. The Morgan fingerprint density at radius 1 is 0.846 bits per heavy atom. The molecule has 2 fully saturated rings. The number of nitrogens with one attached hydrogen (secondary N) is 3. The van der Waals surface area contributed by atoms with Gasteiger partial charge in [0.05, 0.1) is 38.2 Å². The molecule has 2 aromatic heterocycles. The molecule has 0 unspecified atom stereocenters. The van der Waals surface area contributed by atoms with Gasteiger partial charge in [0, 0.05) is 75.6 Å². The third kappa shape index (κ3) is 5.99. The molecule has 0 radical (unpaired) electrons. The van der Waals surface area contributed by atoms with Crippen LogP contribution >= 0.6 is 23.2 Å². The van der Waals surface area contributed by atoms with Crippen molar-refractivity contribution in [3.63, 3.8) is 0 Å². The molecule has 4 heterocycles. The van der Waals surface area contributed by atoms with Crippen LogP contribution in [0.2, 0.25) is 10.0 Å². The Balaban J connectivity index is 0.951. The smallest absolute Gasteiger partial charge is 0.309 e. The Morgan fingerprint density at radius 3 is 1.98 bits per heavy atom. The van der Waals surface area contributed by atoms with E-state index in [1.165, 1.54) is 0 Å². The number of amides is 2. The van der Waals surface area contributed by atoms with E-state index in [9.17, 15) is 19.5 Å². The second-order valence-corrected chi connectivity index (χ2v) is 15.7. The van der Waals surface area contributed by atoms with Gasteiger partial charge in [0.15, 0.2) is 11.6 Å². The molecule has 2 aromatic carbocycles. The largest absolute Gasteiger partial charge is 0.481 e. The predicted octanol–water partition coefficient (Wildman–Crippen LogP) is 6.06. The van der Waals surface area contributed by atoms with Crippen LogP contribution in [0, 0.1) is 10.8 Å². The number of anilines is 2. The number of aromatic nitrogens is 4. The highest BCUT2D eigenvalue weighted by Gasteiger charge is 2.57. The molecule has 4 N–H and O–H groups in total. The molecule has 52 heavy (non-hydrogen) atoms. The number of imidazole rings is 2. The van der Waals surface area contributed by atoms with E-state index in [0.29, 0.717) is 57.3 Å². The van der Waals surface area contributed by atoms with E-state index in [4.69, 9.17) is 28.2 Å². The third-order valence-electron chi connectivity index (χ3n) is 12.0. The standard InChI is InChI=1S/C38H42Cl2N8O4/c1-46-28-9-16-41-19-26(28)42-32(46)34(49)44-24-7-3-5-22(30(24)39)23-6-4-8-25(31(23)40)45-35(50)33-43-27-20-48(17-10-29(27)47(33)2)18-15-37-11-13-38(21-37,14-12-37)36(51)52/h3-8,41H,9-21H2,1-2H3,(H,44,49)(H,45,50)(H,51,52). The number of carbonyl (C=O) groups excluding carboxylic acids is 2. The van der Waals surface area contributed by atoms with Crippen molar-refractivity contribution in [3.8, 4) is 11.1 Å². The molecule has 272 valence electrons. The van der Waals surface area contributed by atoms with E-state index in [0.717, 1.165) is 93.8 Å². The van der Waals surface area contributed by atoms with Crippen LogP contribution in [0.5, 0.6) is 0 Å². The van der Waals surface area contributed by atoms with E-state index in [1.807, 2.05) is 35.4 Å². The summed E-state index contributed by atoms with van der Waals surface area (Å²) in [5, 5.41) is 19.6. The molecule has 4 aliphatic rings. The van der Waals surface area contributed by atoms with Crippen molar-refractivity contribution < 1.29 is 19.5 Å². The van der Waals surface area contributed by atoms with E-state index >= 15 is 0 Å². The van der Waals surface area contributed by atoms with Gasteiger partial charge in [-0.1, -0.05) is 47.5 Å². The summed E-state index contributed by atoms with van der Waals surface area (Å²) in [5.41, 5.74) is 5.50. The molecule has 12 nitrogen and oxygen atoms in total. The number of carbonyl (C=O) groups is 3. The Hall–Kier alpha value is -4.23. The number of hydrogen-bond donors (Lipinski definition) is 4. The molecular weight excluding hydrogens is 703 g/mol. The molecule has 8 rings (SSSR count). The number of halogens is 2. The van der Waals surface area contributed by atoms with Crippen molar-refractivity contribution >= 4 is 52.4 Å². The maximum absolute atomic E-state index is 13.7. The zero-order valence-corrected chi connectivity index (χ0v) is 30.8. The first-order valence-electron chi connectivity index (χ1n) is 17.9. The first kappa shape index (κ1) is 34.8. The van der Waals surface area contributed by atoms with Crippen LogP contribution in [0.3, 0.4) is 0 Å². The van der Waals surface area contributed by atoms with E-state index in [1.54, 1.807) is 24.3 Å². The molecule has 2 amide bonds. The average Bonchev–Trinajstić information content (AvgIpc) is 3.90. The third-order valence-corrected chi connectivity index (χ3v) is 12.9. The minimum Gasteiger partial charge on any atom is -0.481 e. The van der Waals surface area contributed by atoms with Gasteiger partial charge in [0.25, 0.3) is 11.8 Å². The van der Waals surface area contributed by atoms with Gasteiger partial charge in [-0.3, -0.25) is 19.3 Å². The van der Waals surface area contributed by atoms with Crippen molar-refractivity contribution in [2.45, 2.75) is 64.5 Å². The highest BCUT2D eigenvalue weighted by molar-refractivity contribution is 6.40. The van der Waals surface area contributed by atoms with Crippen molar-refractivity contribution in [2.24, 2.45) is 24.9 Å². The lowest BCUT2D eigenvalue weighted by atomic mass is 9.80. The fourth-order valence-corrected chi connectivity index (χ4v) is 9.57. The fraction of sp³-hybridized carbons (Fsp3) is 0.447. The maximum atomic E-state index is 13.7. The number of rotatable bonds is 9. The molecule has 14 heteroatoms. The molecule has 2 saturated carbocycles. The van der Waals surface area contributed by atoms with Crippen molar-refractivity contribution in [1.29, 1.82) is 0 Å². The number of carboxylic acid groups (broad SMARTS) is 1. The summed E-state index contributed by atoms with van der Waals surface area (Å²) < 4.78 is 3.70. The van der Waals surface area contributed by atoms with Crippen LogP contribution in [0.1, 0.15) is 82.5 Å². The van der Waals surface area contributed by atoms with Gasteiger partial charge in [0.2, 0.25) is 0 Å². The lowest BCUT2D eigenvalue weighted by Gasteiger charge is -2.32. The van der Waals surface area contributed by atoms with Crippen LogP contribution in [0.25, 0.3) is 11.1 Å². The van der Waals surface area contributed by atoms with Gasteiger partial charge in [-0.2, -0.15) is 0 Å². The Morgan fingerprint density at radius 2 is 1.42 bits per heavy atom. The highest BCUT2D eigenvalue weighted by atomic mass is 35.5. The molecule has 2 bridgehead atoms. The summed E-state index contributed by atoms with van der Waals surface area (Å²) in [7, 11) is 3.71. The zero-order valence-electron chi connectivity index (χ0n) is 29.3. The Kier molecular flexibility index (Phi) is 8.92. The molecule has 4 aromatic rings. The number of hydrogen-bond acceptors (Lipinski definition) is 7. The van der Waals surface area contributed by atoms with E-state index < -0.39 is 11.4 Å². The summed E-state index contributed by atoms with van der Waals surface area (Å²) in [5.74, 6) is -0.744. The molecular formula is C38H42Cl2N8O4. The minimum atomic E-state index is -0.627. The summed E-state index contributed by atoms with van der Waals surface area (Å²) in [6.07, 6.45) is 6.95. The van der Waals surface area contributed by atoms with E-state index in [2.05, 4.69) is 25.8 Å². The predicted molar refractivity (Wildman–Crippen MR) is 199 cm³/mol. The molecule has 0 atom stereocenters. The topological polar surface area (TPSA) is 146 Å². The molecule has 2 aliphatic carbocycles. The van der Waals surface area contributed by atoms with Gasteiger partial charge >= 0.3 is 5.97 Å². The summed E-state index contributed by atoms with van der Waals surface area (Å²) >= 11 is 13.8. The van der Waals surface area contributed by atoms with Gasteiger partial charge in [-0.05, 0) is 62.6 Å². The Labute approximate surface area is 311 Å². The second-order valence-electron chi connectivity index (χ2n) is 15.0. The number of carboxylic acids is 1. The van der Waals surface area contributed by atoms with Gasteiger partial charge in [-0.15, -0.1) is 0 Å². The molecule has 2 aliphatic heterocycles. The number of nitrogens with zero attached hydrogens (tertiary/aromatic N) is 5. The SMILES string of the molecule is Cn1c(C(=O)Nc2cccc(-c3cccc(NC(=O)c4nc5c(n4C)CCN(CCC46CCC(C(=O)O)(CC4)C6)C5)c3Cl)c2Cl)nc2c1CCNC2. The zero-order chi connectivity index (χ0) is 36.4. The lowest BCUT2D eigenvalue weighted by Crippen LogP contribution is -2.34. The first-order valence-corrected chi connectivity index (χ1v) is 18.7. The number of benzene rings is 2. The lowest BCUT2D eigenvalue weighted by molar-refractivity contribution is -0.148. The highest BCUT2D eigenvalue weighted by Crippen LogP contribution is 2.63. The summed E-state index contributed by atoms with van der Waals surface area (Å²) in [4.78, 5) is 50.7. The quantitative estimate of drug-likeness (QED) is 0.162. The average molecular weight is 746 g/mol. The van der Waals surface area contributed by atoms with Crippen LogP contribution in [-0.2, 0) is 44.8 Å². The van der Waals surface area contributed by atoms with Gasteiger partial charge in [0.1, 0.15) is 0 Å². The van der Waals surface area contributed by atoms with Crippen LogP contribution in [-0.4, -0.2) is 66.5 Å². The van der Waals surface area contributed by atoms with Crippen molar-refractivity contribution in [2.75, 3.05) is 30.3 Å². The fourth-order valence-electron chi connectivity index (χ4n) is 9.02. The van der Waals surface area contributed by atoms with Gasteiger partial charge in [-0.25, -0.2) is 9.97 Å². The van der Waals surface area contributed by atoms with Crippen LogP contribution < -0.4 is 16.0 Å². The second kappa shape index (κ2) is 13.3. The summed E-state index contributed by atoms with van der Waals surface area (Å²) in [6.45, 7) is 3.87. The number of fused-ring (bicyclic) bond motifs is 4. The first-order chi connectivity index (χ1) is 25.0. The monoisotopic (exact) mass is 744 g/mol. The molecule has 0 spiro atoms. The van der Waals surface area contributed by atoms with E-state index in [-0.39, 0.29) is 17.2 Å². The van der Waals surface area contributed by atoms with Crippen molar-refractivity contribution in [1.82, 2.24) is 29.3 Å².